The van der Waals surface area contributed by atoms with E-state index >= 15 is 0 Å². The van der Waals surface area contributed by atoms with Gasteiger partial charge >= 0.3 is 0 Å². The van der Waals surface area contributed by atoms with Crippen LogP contribution in [0.1, 0.15) is 34.8 Å². The quantitative estimate of drug-likeness (QED) is 0.515. The van der Waals surface area contributed by atoms with Gasteiger partial charge in [0, 0.05) is 31.2 Å². The lowest BCUT2D eigenvalue weighted by atomic mass is 10.0. The first kappa shape index (κ1) is 24.8. The Bertz CT molecular complexity index is 1060. The van der Waals surface area contributed by atoms with E-state index < -0.39 is 10.0 Å². The van der Waals surface area contributed by atoms with Crippen molar-refractivity contribution in [2.24, 2.45) is 0 Å². The summed E-state index contributed by atoms with van der Waals surface area (Å²) >= 11 is 0. The molecular weight excluding hydrogens is 454 g/mol. The van der Waals surface area contributed by atoms with Crippen molar-refractivity contribution < 1.29 is 22.7 Å². The maximum Gasteiger partial charge on any atom is 0.243 e. The number of rotatable bonds is 10. The van der Waals surface area contributed by atoms with Gasteiger partial charge in [-0.3, -0.25) is 9.69 Å². The predicted molar refractivity (Wildman–Crippen MR) is 130 cm³/mol. The molecule has 34 heavy (non-hydrogen) atoms. The molecule has 1 unspecified atom stereocenters. The highest BCUT2D eigenvalue weighted by Crippen LogP contribution is 2.26. The molecule has 2 aliphatic rings. The van der Waals surface area contributed by atoms with Crippen molar-refractivity contribution in [3.05, 3.63) is 59.7 Å². The number of nitrogens with zero attached hydrogens (tertiary/aromatic N) is 2. The third kappa shape index (κ3) is 5.84. The van der Waals surface area contributed by atoms with Gasteiger partial charge in [-0.1, -0.05) is 24.3 Å². The molecule has 2 saturated heterocycles. The van der Waals surface area contributed by atoms with E-state index in [1.54, 1.807) is 25.3 Å². The zero-order valence-corrected chi connectivity index (χ0v) is 20.4. The van der Waals surface area contributed by atoms with Gasteiger partial charge in [0.15, 0.2) is 5.78 Å². The Kier molecular flexibility index (Phi) is 8.33. The monoisotopic (exact) mass is 487 g/mol. The molecule has 0 bridgehead atoms. The van der Waals surface area contributed by atoms with Gasteiger partial charge in [-0.2, -0.15) is 4.31 Å². The summed E-state index contributed by atoms with van der Waals surface area (Å²) in [4.78, 5) is 15.5. The molecule has 0 aromatic heterocycles. The van der Waals surface area contributed by atoms with Gasteiger partial charge in [0.2, 0.25) is 10.0 Å². The van der Waals surface area contributed by atoms with Crippen molar-refractivity contribution in [2.45, 2.75) is 23.8 Å². The van der Waals surface area contributed by atoms with Crippen molar-refractivity contribution >= 4 is 15.8 Å². The van der Waals surface area contributed by atoms with Crippen molar-refractivity contribution in [1.82, 2.24) is 14.5 Å². The van der Waals surface area contributed by atoms with E-state index in [9.17, 15) is 13.2 Å². The third-order valence-corrected chi connectivity index (χ3v) is 8.36. The highest BCUT2D eigenvalue weighted by molar-refractivity contribution is 7.89. The minimum absolute atomic E-state index is 0.131. The molecule has 4 rings (SSSR count). The number of nitrogens with one attached hydrogen (secondary N) is 1. The summed E-state index contributed by atoms with van der Waals surface area (Å²) in [6.07, 6.45) is 2.35. The second-order valence-electron chi connectivity index (χ2n) is 8.63. The largest absolute Gasteiger partial charge is 0.497 e. The molecule has 2 fully saturated rings. The number of hydrogen-bond acceptors (Lipinski definition) is 7. The maximum absolute atomic E-state index is 12.9. The number of hydrogen-bond donors (Lipinski definition) is 1. The second kappa shape index (κ2) is 11.4. The number of carbonyl (C=O) groups excluding carboxylic acids is 1. The van der Waals surface area contributed by atoms with Crippen LogP contribution in [0.2, 0.25) is 0 Å². The van der Waals surface area contributed by atoms with Gasteiger partial charge in [-0.25, -0.2) is 8.42 Å². The molecule has 1 N–H and O–H groups in total. The van der Waals surface area contributed by atoms with Crippen molar-refractivity contribution in [3.8, 4) is 5.75 Å². The Morgan fingerprint density at radius 2 is 1.76 bits per heavy atom. The Hall–Kier alpha value is -2.30. The van der Waals surface area contributed by atoms with Crippen LogP contribution in [0.5, 0.6) is 5.75 Å². The van der Waals surface area contributed by atoms with Gasteiger partial charge in [0.25, 0.3) is 0 Å². The average molecular weight is 488 g/mol. The van der Waals surface area contributed by atoms with Gasteiger partial charge in [-0.05, 0) is 55.8 Å². The average Bonchev–Trinajstić information content (AvgIpc) is 3.42. The standard InChI is InChI=1S/C25H33N3O5S/c1-32-22-9-7-20(8-10-22)24(27-11-2-3-12-27)18-26-19-25(29)21-5-4-6-23(17-21)34(30,31)28-13-15-33-16-14-28/h4-10,17,24,26H,2-3,11-16,18-19H2,1H3. The number of benzene rings is 2. The van der Waals surface area contributed by atoms with Crippen LogP contribution in [0.25, 0.3) is 0 Å². The highest BCUT2D eigenvalue weighted by atomic mass is 32.2. The predicted octanol–water partition coefficient (Wildman–Crippen LogP) is 2.33. The normalized spacial score (nSPS) is 18.6. The summed E-state index contributed by atoms with van der Waals surface area (Å²) in [5.74, 6) is 0.688. The van der Waals surface area contributed by atoms with Crippen LogP contribution in [0, 0.1) is 0 Å². The Morgan fingerprint density at radius 1 is 1.06 bits per heavy atom. The Morgan fingerprint density at radius 3 is 2.44 bits per heavy atom. The molecule has 0 amide bonds. The van der Waals surface area contributed by atoms with Gasteiger partial charge in [0.05, 0.1) is 31.8 Å². The molecule has 9 heteroatoms. The first-order chi connectivity index (χ1) is 16.5. The summed E-state index contributed by atoms with van der Waals surface area (Å²) in [6.45, 7) is 4.26. The van der Waals surface area contributed by atoms with Gasteiger partial charge in [0.1, 0.15) is 5.75 Å². The molecule has 0 saturated carbocycles. The number of morpholine rings is 1. The molecule has 2 aliphatic heterocycles. The number of ether oxygens (including phenoxy) is 2. The molecular formula is C25H33N3O5S. The lowest BCUT2D eigenvalue weighted by Crippen LogP contribution is -2.40. The van der Waals surface area contributed by atoms with E-state index in [0.717, 1.165) is 18.8 Å². The number of Topliss-reactive ketones (excluding diaryl/α,β-unsaturated/α-hetero) is 1. The minimum Gasteiger partial charge on any atom is -0.497 e. The summed E-state index contributed by atoms with van der Waals surface area (Å²) in [5.41, 5.74) is 1.57. The van der Waals surface area contributed by atoms with Crippen LogP contribution in [0.15, 0.2) is 53.4 Å². The van der Waals surface area contributed by atoms with Gasteiger partial charge in [-0.15, -0.1) is 0 Å². The van der Waals surface area contributed by atoms with Crippen LogP contribution in [0.3, 0.4) is 0 Å². The molecule has 2 heterocycles. The first-order valence-electron chi connectivity index (χ1n) is 11.8. The van der Waals surface area contributed by atoms with Crippen molar-refractivity contribution in [1.29, 1.82) is 0 Å². The Balaban J connectivity index is 1.40. The van der Waals surface area contributed by atoms with Crippen LogP contribution in [0.4, 0.5) is 0 Å². The van der Waals surface area contributed by atoms with E-state index in [1.165, 1.54) is 28.8 Å². The second-order valence-corrected chi connectivity index (χ2v) is 10.6. The molecule has 8 nitrogen and oxygen atoms in total. The van der Waals surface area contributed by atoms with Crippen LogP contribution in [-0.4, -0.2) is 83.0 Å². The number of likely N-dealkylation sites (tertiary alicyclic amines) is 1. The smallest absolute Gasteiger partial charge is 0.243 e. The highest BCUT2D eigenvalue weighted by Gasteiger charge is 2.27. The molecule has 2 aromatic carbocycles. The van der Waals surface area contributed by atoms with E-state index in [0.29, 0.717) is 38.4 Å². The Labute approximate surface area is 201 Å². The SMILES string of the molecule is COc1ccc(C(CNCC(=O)c2cccc(S(=O)(=O)N3CCOCC3)c2)N2CCCC2)cc1. The molecule has 0 radical (unpaired) electrons. The van der Waals surface area contributed by atoms with Crippen LogP contribution in [-0.2, 0) is 14.8 Å². The van der Waals surface area contributed by atoms with Crippen LogP contribution >= 0.6 is 0 Å². The van der Waals surface area contributed by atoms with Crippen molar-refractivity contribution in [2.75, 3.05) is 59.6 Å². The molecule has 0 aliphatic carbocycles. The number of ketones is 1. The maximum atomic E-state index is 12.9. The summed E-state index contributed by atoms with van der Waals surface area (Å²) in [6, 6.07) is 14.6. The fourth-order valence-corrected chi connectivity index (χ4v) is 5.98. The van der Waals surface area contributed by atoms with Crippen molar-refractivity contribution in [3.63, 3.8) is 0 Å². The molecule has 2 aromatic rings. The summed E-state index contributed by atoms with van der Waals surface area (Å²) in [7, 11) is -1.99. The summed E-state index contributed by atoms with van der Waals surface area (Å²) in [5, 5.41) is 3.31. The summed E-state index contributed by atoms with van der Waals surface area (Å²) < 4.78 is 37.8. The van der Waals surface area contributed by atoms with Gasteiger partial charge < -0.3 is 14.8 Å². The number of methoxy groups -OCH3 is 1. The first-order valence-corrected chi connectivity index (χ1v) is 13.2. The van der Waals surface area contributed by atoms with E-state index in [4.69, 9.17) is 9.47 Å². The third-order valence-electron chi connectivity index (χ3n) is 6.47. The fourth-order valence-electron chi connectivity index (χ4n) is 4.53. The van der Waals surface area contributed by atoms with Crippen LogP contribution < -0.4 is 10.1 Å². The van der Waals surface area contributed by atoms with E-state index in [-0.39, 0.29) is 23.3 Å². The lowest BCUT2D eigenvalue weighted by molar-refractivity contribution is 0.0730. The molecule has 184 valence electrons. The van der Waals surface area contributed by atoms with E-state index in [1.807, 2.05) is 12.1 Å². The van der Waals surface area contributed by atoms with E-state index in [2.05, 4.69) is 22.3 Å². The number of carbonyl (C=O) groups is 1. The molecule has 0 spiro atoms. The molecule has 1 atom stereocenters. The zero-order chi connectivity index (χ0) is 24.0. The number of sulfonamides is 1. The topological polar surface area (TPSA) is 88.2 Å². The lowest BCUT2D eigenvalue weighted by Gasteiger charge is -2.28. The minimum atomic E-state index is -3.64. The zero-order valence-electron chi connectivity index (χ0n) is 19.6. The fraction of sp³-hybridized carbons (Fsp3) is 0.480.